The van der Waals surface area contributed by atoms with E-state index in [1.54, 1.807) is 0 Å². The van der Waals surface area contributed by atoms with Crippen molar-refractivity contribution in [2.24, 2.45) is 0 Å². The van der Waals surface area contributed by atoms with Crippen molar-refractivity contribution in [1.29, 1.82) is 0 Å². The van der Waals surface area contributed by atoms with Crippen LogP contribution in [0.25, 0.3) is 0 Å². The van der Waals surface area contributed by atoms with Gasteiger partial charge in [0.1, 0.15) is 11.6 Å². The molecular weight excluding hydrogens is 190 g/mol. The van der Waals surface area contributed by atoms with Crippen LogP contribution in [0.5, 0.6) is 0 Å². The van der Waals surface area contributed by atoms with Crippen LogP contribution in [-0.2, 0) is 6.42 Å². The van der Waals surface area contributed by atoms with Crippen molar-refractivity contribution in [2.45, 2.75) is 6.42 Å². The Balaban J connectivity index is 2.25. The summed E-state index contributed by atoms with van der Waals surface area (Å²) in [4.78, 5) is 3.75. The zero-order valence-corrected chi connectivity index (χ0v) is 7.08. The van der Waals surface area contributed by atoms with E-state index in [1.165, 1.54) is 18.5 Å². The third-order valence-electron chi connectivity index (χ3n) is 1.69. The molecule has 0 fully saturated rings. The van der Waals surface area contributed by atoms with Crippen LogP contribution in [0.15, 0.2) is 29.1 Å². The van der Waals surface area contributed by atoms with Crippen molar-refractivity contribution in [3.8, 4) is 0 Å². The van der Waals surface area contributed by atoms with E-state index in [-0.39, 0.29) is 6.42 Å². The molecule has 5 heteroatoms. The fourth-order valence-corrected chi connectivity index (χ4v) is 1.17. The van der Waals surface area contributed by atoms with Gasteiger partial charge in [0, 0.05) is 12.5 Å². The monoisotopic (exact) mass is 196 g/mol. The van der Waals surface area contributed by atoms with Crippen molar-refractivity contribution in [1.82, 2.24) is 10.1 Å². The van der Waals surface area contributed by atoms with E-state index in [4.69, 9.17) is 0 Å². The minimum atomic E-state index is -0.608. The Bertz CT molecular complexity index is 408. The number of rotatable bonds is 2. The molecule has 0 aliphatic rings. The Labute approximate surface area is 78.4 Å². The minimum Gasteiger partial charge on any atom is -0.343 e. The lowest BCUT2D eigenvalue weighted by atomic mass is 10.1. The molecule has 2 rings (SSSR count). The maximum Gasteiger partial charge on any atom is 0.213 e. The second kappa shape index (κ2) is 3.53. The summed E-state index contributed by atoms with van der Waals surface area (Å²) >= 11 is 0. The number of halogens is 2. The van der Waals surface area contributed by atoms with Gasteiger partial charge in [0.05, 0.1) is 0 Å². The van der Waals surface area contributed by atoms with Gasteiger partial charge in [0.25, 0.3) is 0 Å². The first kappa shape index (κ1) is 8.80. The van der Waals surface area contributed by atoms with E-state index in [0.29, 0.717) is 11.4 Å². The lowest BCUT2D eigenvalue weighted by molar-refractivity contribution is 0.411. The average molecular weight is 196 g/mol. The first-order chi connectivity index (χ1) is 6.74. The van der Waals surface area contributed by atoms with E-state index < -0.39 is 11.6 Å². The number of benzene rings is 1. The first-order valence-corrected chi connectivity index (χ1v) is 3.94. The molecule has 0 unspecified atom stereocenters. The zero-order valence-electron chi connectivity index (χ0n) is 7.08. The van der Waals surface area contributed by atoms with Crippen LogP contribution in [0.2, 0.25) is 0 Å². The topological polar surface area (TPSA) is 38.9 Å². The molecule has 0 saturated heterocycles. The summed E-state index contributed by atoms with van der Waals surface area (Å²) in [6.45, 7) is 0. The zero-order chi connectivity index (χ0) is 9.97. The number of hydrogen-bond acceptors (Lipinski definition) is 3. The normalized spacial score (nSPS) is 10.4. The van der Waals surface area contributed by atoms with E-state index in [9.17, 15) is 8.78 Å². The predicted molar refractivity (Wildman–Crippen MR) is 43.5 cm³/mol. The van der Waals surface area contributed by atoms with Crippen LogP contribution in [0.1, 0.15) is 11.4 Å². The van der Waals surface area contributed by atoms with Gasteiger partial charge in [-0.3, -0.25) is 0 Å². The maximum absolute atomic E-state index is 12.8. The highest BCUT2D eigenvalue weighted by Crippen LogP contribution is 2.10. The average Bonchev–Trinajstić information content (AvgIpc) is 2.54. The van der Waals surface area contributed by atoms with Crippen LogP contribution in [-0.4, -0.2) is 10.1 Å². The summed E-state index contributed by atoms with van der Waals surface area (Å²) in [5.74, 6) is -0.818. The van der Waals surface area contributed by atoms with Crippen LogP contribution >= 0.6 is 0 Å². The third-order valence-corrected chi connectivity index (χ3v) is 1.69. The Morgan fingerprint density at radius 1 is 1.14 bits per heavy atom. The number of nitrogens with zero attached hydrogens (tertiary/aromatic N) is 2. The molecule has 0 atom stereocenters. The fourth-order valence-electron chi connectivity index (χ4n) is 1.17. The van der Waals surface area contributed by atoms with Crippen molar-refractivity contribution in [2.75, 3.05) is 0 Å². The molecule has 0 saturated carbocycles. The van der Waals surface area contributed by atoms with Gasteiger partial charge in [-0.05, 0) is 17.7 Å². The summed E-state index contributed by atoms with van der Waals surface area (Å²) in [5, 5.41) is 3.54. The van der Waals surface area contributed by atoms with Gasteiger partial charge in [-0.25, -0.2) is 8.78 Å². The van der Waals surface area contributed by atoms with Crippen molar-refractivity contribution >= 4 is 0 Å². The Hall–Kier alpha value is -1.78. The van der Waals surface area contributed by atoms with Gasteiger partial charge in [-0.15, -0.1) is 0 Å². The quantitative estimate of drug-likeness (QED) is 0.736. The molecule has 0 N–H and O–H groups in total. The van der Waals surface area contributed by atoms with Crippen LogP contribution < -0.4 is 0 Å². The van der Waals surface area contributed by atoms with Crippen molar-refractivity contribution in [3.63, 3.8) is 0 Å². The fraction of sp³-hybridized carbons (Fsp3) is 0.111. The Morgan fingerprint density at radius 3 is 2.43 bits per heavy atom. The molecule has 0 radical (unpaired) electrons. The standard InChI is InChI=1S/C9H6F2N2O/c10-7-1-6(2-8(11)4-7)3-9-12-5-14-13-9/h1-2,4-5H,3H2. The minimum absolute atomic E-state index is 0.255. The highest BCUT2D eigenvalue weighted by Gasteiger charge is 2.04. The molecule has 2 aromatic rings. The molecule has 3 nitrogen and oxygen atoms in total. The number of aromatic nitrogens is 2. The van der Waals surface area contributed by atoms with E-state index in [2.05, 4.69) is 14.7 Å². The maximum atomic E-state index is 12.8. The molecule has 0 aliphatic heterocycles. The van der Waals surface area contributed by atoms with Gasteiger partial charge >= 0.3 is 0 Å². The summed E-state index contributed by atoms with van der Waals surface area (Å²) < 4.78 is 30.0. The molecule has 0 amide bonds. The highest BCUT2D eigenvalue weighted by molar-refractivity contribution is 5.20. The lowest BCUT2D eigenvalue weighted by Gasteiger charge is -1.97. The van der Waals surface area contributed by atoms with Crippen molar-refractivity contribution in [3.05, 3.63) is 47.6 Å². The molecule has 1 heterocycles. The molecule has 1 aromatic heterocycles. The summed E-state index contributed by atoms with van der Waals surface area (Å²) in [7, 11) is 0. The van der Waals surface area contributed by atoms with Gasteiger partial charge in [-0.1, -0.05) is 5.16 Å². The summed E-state index contributed by atoms with van der Waals surface area (Å²) in [6, 6.07) is 3.29. The van der Waals surface area contributed by atoms with Gasteiger partial charge < -0.3 is 4.52 Å². The molecule has 0 spiro atoms. The largest absolute Gasteiger partial charge is 0.343 e. The molecule has 0 bridgehead atoms. The second-order valence-corrected chi connectivity index (χ2v) is 2.80. The molecule has 0 aliphatic carbocycles. The van der Waals surface area contributed by atoms with Gasteiger partial charge in [-0.2, -0.15) is 4.98 Å². The van der Waals surface area contributed by atoms with Crippen LogP contribution in [0.4, 0.5) is 8.78 Å². The smallest absolute Gasteiger partial charge is 0.213 e. The highest BCUT2D eigenvalue weighted by atomic mass is 19.1. The van der Waals surface area contributed by atoms with E-state index in [0.717, 1.165) is 6.07 Å². The molecule has 1 aromatic carbocycles. The predicted octanol–water partition coefficient (Wildman–Crippen LogP) is 1.94. The summed E-state index contributed by atoms with van der Waals surface area (Å²) in [6.07, 6.45) is 1.43. The second-order valence-electron chi connectivity index (χ2n) is 2.80. The third kappa shape index (κ3) is 1.93. The molecule has 14 heavy (non-hydrogen) atoms. The van der Waals surface area contributed by atoms with Crippen molar-refractivity contribution < 1.29 is 13.3 Å². The first-order valence-electron chi connectivity index (χ1n) is 3.94. The lowest BCUT2D eigenvalue weighted by Crippen LogP contribution is -1.92. The molecule has 72 valence electrons. The van der Waals surface area contributed by atoms with Crippen LogP contribution in [0.3, 0.4) is 0 Å². The Morgan fingerprint density at radius 2 is 1.86 bits per heavy atom. The van der Waals surface area contributed by atoms with Gasteiger partial charge in [0.15, 0.2) is 5.82 Å². The Kier molecular flexibility index (Phi) is 2.22. The van der Waals surface area contributed by atoms with Gasteiger partial charge in [0.2, 0.25) is 6.39 Å². The van der Waals surface area contributed by atoms with E-state index >= 15 is 0 Å². The van der Waals surface area contributed by atoms with E-state index in [1.807, 2.05) is 0 Å². The number of hydrogen-bond donors (Lipinski definition) is 0. The SMILES string of the molecule is Fc1cc(F)cc(Cc2ncon2)c1. The molecular formula is C9H6F2N2O. The summed E-state index contributed by atoms with van der Waals surface area (Å²) in [5.41, 5.74) is 0.476. The van der Waals surface area contributed by atoms with Crippen LogP contribution in [0, 0.1) is 11.6 Å².